The van der Waals surface area contributed by atoms with E-state index in [1.807, 2.05) is 6.92 Å². The number of hydrogen-bond donors (Lipinski definition) is 2. The van der Waals surface area contributed by atoms with Crippen LogP contribution < -0.4 is 5.73 Å². The molecule has 3 nitrogen and oxygen atoms in total. The molecule has 0 unspecified atom stereocenters. The van der Waals surface area contributed by atoms with Gasteiger partial charge in [-0.25, -0.2) is 4.98 Å². The molecule has 0 fully saturated rings. The molecule has 1 heterocycles. The van der Waals surface area contributed by atoms with E-state index < -0.39 is 0 Å². The highest BCUT2D eigenvalue weighted by molar-refractivity contribution is 7.99. The molecule has 73 valence electrons. The van der Waals surface area contributed by atoms with Crippen LogP contribution in [0.3, 0.4) is 0 Å². The number of nitrogens with two attached hydrogens (primary N) is 1. The quantitative estimate of drug-likeness (QED) is 0.710. The van der Waals surface area contributed by atoms with Crippen molar-refractivity contribution in [3.8, 4) is 0 Å². The Hall–Kier alpha value is -0.480. The minimum absolute atomic E-state index is 0.126. The van der Waals surface area contributed by atoms with E-state index in [0.29, 0.717) is 0 Å². The smallest absolute Gasteiger partial charge is 0.0925 e. The number of thioether (sulfide) groups is 1. The van der Waals surface area contributed by atoms with E-state index in [1.54, 1.807) is 18.1 Å². The summed E-state index contributed by atoms with van der Waals surface area (Å²) in [6, 6.07) is 0. The lowest BCUT2D eigenvalue weighted by atomic mass is 10.3. The van der Waals surface area contributed by atoms with E-state index >= 15 is 0 Å². The summed E-state index contributed by atoms with van der Waals surface area (Å²) in [7, 11) is 0. The fraction of sp³-hybridized carbons (Fsp3) is 0.556. The lowest BCUT2D eigenvalue weighted by Crippen LogP contribution is -2.15. The minimum Gasteiger partial charge on any atom is -0.348 e. The Kier molecular flexibility index (Phi) is 4.32. The van der Waals surface area contributed by atoms with Gasteiger partial charge in [0.1, 0.15) is 0 Å². The molecule has 0 aliphatic carbocycles. The zero-order valence-electron chi connectivity index (χ0n) is 8.08. The first-order valence-corrected chi connectivity index (χ1v) is 5.48. The molecule has 13 heavy (non-hydrogen) atoms. The Morgan fingerprint density at radius 1 is 1.77 bits per heavy atom. The van der Waals surface area contributed by atoms with Crippen molar-refractivity contribution in [2.24, 2.45) is 5.73 Å². The number of aromatic amines is 1. The second-order valence-electron chi connectivity index (χ2n) is 2.89. The van der Waals surface area contributed by atoms with Gasteiger partial charge >= 0.3 is 0 Å². The maximum atomic E-state index is 5.82. The van der Waals surface area contributed by atoms with Gasteiger partial charge in [-0.1, -0.05) is 13.3 Å². The van der Waals surface area contributed by atoms with Crippen LogP contribution in [0.2, 0.25) is 0 Å². The molecule has 4 heteroatoms. The van der Waals surface area contributed by atoms with Crippen LogP contribution in [0.4, 0.5) is 0 Å². The third-order valence-electron chi connectivity index (χ3n) is 1.81. The van der Waals surface area contributed by atoms with Crippen molar-refractivity contribution in [1.29, 1.82) is 0 Å². The highest BCUT2D eigenvalue weighted by atomic mass is 32.2. The third kappa shape index (κ3) is 3.40. The largest absolute Gasteiger partial charge is 0.348 e. The molecule has 0 aliphatic heterocycles. The van der Waals surface area contributed by atoms with Crippen LogP contribution in [-0.2, 0) is 5.75 Å². The normalized spacial score (nSPS) is 13.2. The van der Waals surface area contributed by atoms with Crippen LogP contribution in [-0.4, -0.2) is 15.3 Å². The topological polar surface area (TPSA) is 54.7 Å². The van der Waals surface area contributed by atoms with E-state index in [4.69, 9.17) is 5.73 Å². The number of nitrogens with zero attached hydrogens (tertiary/aromatic N) is 1. The number of nitrogens with one attached hydrogen (secondary N) is 1. The fourth-order valence-corrected chi connectivity index (χ4v) is 1.98. The summed E-state index contributed by atoms with van der Waals surface area (Å²) in [5.74, 6) is 0.882. The van der Waals surface area contributed by atoms with E-state index in [1.165, 1.54) is 0 Å². The number of H-pyrrole nitrogens is 1. The van der Waals surface area contributed by atoms with Gasteiger partial charge in [-0.15, -0.1) is 11.8 Å². The Morgan fingerprint density at radius 3 is 3.08 bits per heavy atom. The average molecular weight is 198 g/mol. The van der Waals surface area contributed by atoms with E-state index in [0.717, 1.165) is 23.6 Å². The molecule has 0 spiro atoms. The van der Waals surface area contributed by atoms with Crippen molar-refractivity contribution in [2.75, 3.05) is 0 Å². The zero-order valence-corrected chi connectivity index (χ0v) is 8.90. The van der Waals surface area contributed by atoms with Crippen molar-refractivity contribution in [3.63, 3.8) is 0 Å². The van der Waals surface area contributed by atoms with Crippen LogP contribution in [0.15, 0.2) is 6.33 Å². The lowest BCUT2D eigenvalue weighted by Gasteiger charge is -2.07. The van der Waals surface area contributed by atoms with Gasteiger partial charge in [0.2, 0.25) is 0 Å². The second-order valence-corrected chi connectivity index (χ2v) is 4.06. The molecule has 0 saturated carbocycles. The zero-order chi connectivity index (χ0) is 9.68. The number of aryl methyl sites for hydroxylation is 1. The maximum absolute atomic E-state index is 5.82. The van der Waals surface area contributed by atoms with Crippen LogP contribution in [0, 0.1) is 13.3 Å². The Labute approximate surface area is 83.5 Å². The number of hydrogen-bond acceptors (Lipinski definition) is 3. The molecule has 0 saturated heterocycles. The molecule has 3 N–H and O–H groups in total. The maximum Gasteiger partial charge on any atom is 0.0925 e. The van der Waals surface area contributed by atoms with Crippen molar-refractivity contribution < 1.29 is 0 Å². The first-order valence-electron chi connectivity index (χ1n) is 4.43. The molecule has 0 aliphatic rings. The molecule has 1 aromatic heterocycles. The predicted molar refractivity (Wildman–Crippen MR) is 57.2 cm³/mol. The van der Waals surface area contributed by atoms with E-state index in [9.17, 15) is 0 Å². The van der Waals surface area contributed by atoms with Gasteiger partial charge in [0.05, 0.1) is 17.4 Å². The molecular weight excluding hydrogens is 182 g/mol. The van der Waals surface area contributed by atoms with Crippen LogP contribution in [0.1, 0.15) is 24.7 Å². The number of aromatic nitrogens is 2. The minimum atomic E-state index is 0.126. The molecular formula is C9H16N3S. The Bertz CT molecular complexity index is 247. The van der Waals surface area contributed by atoms with Crippen molar-refractivity contribution >= 4 is 11.8 Å². The summed E-state index contributed by atoms with van der Waals surface area (Å²) < 4.78 is 0. The van der Waals surface area contributed by atoms with Gasteiger partial charge in [-0.2, -0.15) is 0 Å². The van der Waals surface area contributed by atoms with Crippen LogP contribution >= 0.6 is 11.8 Å². The average Bonchev–Trinajstić information content (AvgIpc) is 2.48. The molecule has 0 bridgehead atoms. The summed E-state index contributed by atoms with van der Waals surface area (Å²) in [6.07, 6.45) is 4.85. The monoisotopic (exact) mass is 198 g/mol. The number of imidazole rings is 1. The summed E-state index contributed by atoms with van der Waals surface area (Å²) in [5, 5.41) is 0.126. The highest BCUT2D eigenvalue weighted by Gasteiger charge is 2.05. The highest BCUT2D eigenvalue weighted by Crippen LogP contribution is 2.17. The lowest BCUT2D eigenvalue weighted by molar-refractivity contribution is 0.950. The van der Waals surface area contributed by atoms with Crippen LogP contribution in [0.25, 0.3) is 0 Å². The number of rotatable bonds is 5. The van der Waals surface area contributed by atoms with Gasteiger partial charge < -0.3 is 10.7 Å². The molecule has 0 amide bonds. The first-order chi connectivity index (χ1) is 6.24. The summed E-state index contributed by atoms with van der Waals surface area (Å²) in [4.78, 5) is 7.25. The first kappa shape index (κ1) is 10.6. The molecule has 1 atom stereocenters. The third-order valence-corrected chi connectivity index (χ3v) is 2.83. The van der Waals surface area contributed by atoms with Gasteiger partial charge in [-0.05, 0) is 13.3 Å². The summed E-state index contributed by atoms with van der Waals surface area (Å²) in [6.45, 7) is 4.12. The van der Waals surface area contributed by atoms with Gasteiger partial charge in [0.25, 0.3) is 0 Å². The summed E-state index contributed by atoms with van der Waals surface area (Å²) >= 11 is 1.71. The van der Waals surface area contributed by atoms with Gasteiger partial charge in [0, 0.05) is 11.4 Å². The molecule has 1 radical (unpaired) electrons. The summed E-state index contributed by atoms with van der Waals surface area (Å²) in [5.41, 5.74) is 8.06. The van der Waals surface area contributed by atoms with Crippen molar-refractivity contribution in [2.45, 2.75) is 31.4 Å². The molecule has 0 aromatic carbocycles. The Morgan fingerprint density at radius 2 is 2.54 bits per heavy atom. The van der Waals surface area contributed by atoms with Crippen molar-refractivity contribution in [1.82, 2.24) is 9.97 Å². The fourth-order valence-electron chi connectivity index (χ4n) is 1.01. The Balaban J connectivity index is 2.30. The molecule has 1 aromatic rings. The predicted octanol–water partition coefficient (Wildman–Crippen LogP) is 1.85. The van der Waals surface area contributed by atoms with E-state index in [2.05, 4.69) is 23.3 Å². The van der Waals surface area contributed by atoms with E-state index in [-0.39, 0.29) is 5.37 Å². The van der Waals surface area contributed by atoms with Crippen LogP contribution in [0.5, 0.6) is 0 Å². The second kappa shape index (κ2) is 5.29. The van der Waals surface area contributed by atoms with Gasteiger partial charge in [0.15, 0.2) is 0 Å². The SMILES string of the molecule is CC[CH][C@@H](N)SCc1nc[nH]c1C. The van der Waals surface area contributed by atoms with Crippen molar-refractivity contribution in [3.05, 3.63) is 24.1 Å². The standard InChI is InChI=1S/C9H16N3S/c1-3-4-9(10)13-5-8-7(2)11-6-12-8/h4,6,9H,3,5,10H2,1-2H3,(H,11,12)/t9-/m0/s1. The van der Waals surface area contributed by atoms with Gasteiger partial charge in [-0.3, -0.25) is 0 Å². The molecule has 1 rings (SSSR count).